The quantitative estimate of drug-likeness (QED) is 0.859. The molecular weight excluding hydrogens is 314 g/mol. The summed E-state index contributed by atoms with van der Waals surface area (Å²) in [5, 5.41) is 5.99. The second-order valence-corrected chi connectivity index (χ2v) is 6.87. The van der Waals surface area contributed by atoms with E-state index in [2.05, 4.69) is 22.5 Å². The van der Waals surface area contributed by atoms with Crippen molar-refractivity contribution >= 4 is 6.03 Å². The van der Waals surface area contributed by atoms with Gasteiger partial charge in [-0.1, -0.05) is 37.0 Å². The lowest BCUT2D eigenvalue weighted by Crippen LogP contribution is -2.43. The highest BCUT2D eigenvalue weighted by molar-refractivity contribution is 5.74. The van der Waals surface area contributed by atoms with Gasteiger partial charge in [-0.3, -0.25) is 0 Å². The van der Waals surface area contributed by atoms with E-state index in [1.54, 1.807) is 0 Å². The third-order valence-electron chi connectivity index (χ3n) is 4.78. The average molecular weight is 341 g/mol. The first-order valence-electron chi connectivity index (χ1n) is 9.19. The Morgan fingerprint density at radius 3 is 2.60 bits per heavy atom. The van der Waals surface area contributed by atoms with Gasteiger partial charge in [0.2, 0.25) is 5.89 Å². The minimum Gasteiger partial charge on any atom is -0.441 e. The molecule has 1 aliphatic rings. The molecular formula is C20H27N3O2. The van der Waals surface area contributed by atoms with Crippen molar-refractivity contribution in [2.45, 2.75) is 58.4 Å². The maximum atomic E-state index is 12.0. The number of aryl methyl sites for hydroxylation is 2. The van der Waals surface area contributed by atoms with Crippen molar-refractivity contribution in [1.29, 1.82) is 0 Å². The van der Waals surface area contributed by atoms with Crippen LogP contribution in [0.4, 0.5) is 4.79 Å². The van der Waals surface area contributed by atoms with Crippen molar-refractivity contribution in [3.8, 4) is 11.5 Å². The monoisotopic (exact) mass is 341 g/mol. The van der Waals surface area contributed by atoms with Crippen LogP contribution in [0.15, 0.2) is 28.7 Å². The smallest absolute Gasteiger partial charge is 0.315 e. The van der Waals surface area contributed by atoms with Crippen LogP contribution in [0.25, 0.3) is 11.5 Å². The summed E-state index contributed by atoms with van der Waals surface area (Å²) in [6.07, 6.45) is 6.56. The molecule has 0 unspecified atom stereocenters. The first-order valence-corrected chi connectivity index (χ1v) is 9.19. The van der Waals surface area contributed by atoms with Crippen LogP contribution in [0.3, 0.4) is 0 Å². The number of aromatic nitrogens is 1. The number of nitrogens with one attached hydrogen (secondary N) is 2. The van der Waals surface area contributed by atoms with Crippen molar-refractivity contribution in [3.05, 3.63) is 41.3 Å². The maximum absolute atomic E-state index is 12.0. The summed E-state index contributed by atoms with van der Waals surface area (Å²) in [6.45, 7) is 4.53. The standard InChI is InChI=1S/C20H27N3O2/c1-14-8-10-16(11-9-14)19-23-18(15(2)25-19)12-13-21-20(24)22-17-6-4-3-5-7-17/h8-11,17H,3-7,12-13H2,1-2H3,(H2,21,22,24). The van der Waals surface area contributed by atoms with Crippen LogP contribution < -0.4 is 10.6 Å². The lowest BCUT2D eigenvalue weighted by molar-refractivity contribution is 0.233. The van der Waals surface area contributed by atoms with Crippen molar-refractivity contribution in [2.24, 2.45) is 0 Å². The van der Waals surface area contributed by atoms with Gasteiger partial charge in [-0.2, -0.15) is 0 Å². The molecule has 5 nitrogen and oxygen atoms in total. The first kappa shape index (κ1) is 17.5. The Morgan fingerprint density at radius 1 is 1.16 bits per heavy atom. The molecule has 25 heavy (non-hydrogen) atoms. The summed E-state index contributed by atoms with van der Waals surface area (Å²) in [4.78, 5) is 16.6. The fourth-order valence-electron chi connectivity index (χ4n) is 3.26. The molecule has 0 aliphatic heterocycles. The Kier molecular flexibility index (Phi) is 5.74. The van der Waals surface area contributed by atoms with E-state index in [0.717, 1.165) is 29.9 Å². The van der Waals surface area contributed by atoms with Gasteiger partial charge in [0, 0.05) is 24.6 Å². The summed E-state index contributed by atoms with van der Waals surface area (Å²) in [5.74, 6) is 1.45. The zero-order valence-corrected chi connectivity index (χ0v) is 15.1. The molecule has 1 aromatic carbocycles. The van der Waals surface area contributed by atoms with Crippen LogP contribution in [-0.4, -0.2) is 23.6 Å². The van der Waals surface area contributed by atoms with Crippen LogP contribution in [0.2, 0.25) is 0 Å². The van der Waals surface area contributed by atoms with Crippen LogP contribution in [0, 0.1) is 13.8 Å². The molecule has 0 saturated heterocycles. The first-order chi connectivity index (χ1) is 12.1. The number of amides is 2. The van der Waals surface area contributed by atoms with E-state index in [-0.39, 0.29) is 6.03 Å². The van der Waals surface area contributed by atoms with Gasteiger partial charge in [-0.25, -0.2) is 9.78 Å². The van der Waals surface area contributed by atoms with Gasteiger partial charge in [0.25, 0.3) is 0 Å². The molecule has 1 heterocycles. The Morgan fingerprint density at radius 2 is 1.88 bits per heavy atom. The van der Waals surface area contributed by atoms with Gasteiger partial charge in [0.1, 0.15) is 5.76 Å². The molecule has 0 spiro atoms. The highest BCUT2D eigenvalue weighted by atomic mass is 16.4. The Hall–Kier alpha value is -2.30. The van der Waals surface area contributed by atoms with E-state index in [1.807, 2.05) is 31.2 Å². The number of rotatable bonds is 5. The van der Waals surface area contributed by atoms with Crippen LogP contribution in [-0.2, 0) is 6.42 Å². The number of hydrogen-bond acceptors (Lipinski definition) is 3. The lowest BCUT2D eigenvalue weighted by atomic mass is 9.96. The van der Waals surface area contributed by atoms with E-state index < -0.39 is 0 Å². The van der Waals surface area contributed by atoms with Crippen molar-refractivity contribution in [2.75, 3.05) is 6.54 Å². The van der Waals surface area contributed by atoms with Gasteiger partial charge in [-0.15, -0.1) is 0 Å². The van der Waals surface area contributed by atoms with Gasteiger partial charge in [0.05, 0.1) is 5.69 Å². The molecule has 1 aromatic heterocycles. The fourth-order valence-corrected chi connectivity index (χ4v) is 3.26. The zero-order chi connectivity index (χ0) is 17.6. The molecule has 1 aliphatic carbocycles. The van der Waals surface area contributed by atoms with Gasteiger partial charge < -0.3 is 15.1 Å². The predicted molar refractivity (Wildman–Crippen MR) is 98.5 cm³/mol. The van der Waals surface area contributed by atoms with Crippen molar-refractivity contribution in [3.63, 3.8) is 0 Å². The van der Waals surface area contributed by atoms with Crippen LogP contribution in [0.1, 0.15) is 49.1 Å². The van der Waals surface area contributed by atoms with Gasteiger partial charge in [-0.05, 0) is 38.8 Å². The second kappa shape index (κ2) is 8.19. The molecule has 1 saturated carbocycles. The van der Waals surface area contributed by atoms with Crippen LogP contribution in [0.5, 0.6) is 0 Å². The van der Waals surface area contributed by atoms with Crippen LogP contribution >= 0.6 is 0 Å². The van der Waals surface area contributed by atoms with E-state index in [4.69, 9.17) is 4.42 Å². The molecule has 1 fully saturated rings. The van der Waals surface area contributed by atoms with Crippen molar-refractivity contribution in [1.82, 2.24) is 15.6 Å². The third-order valence-corrected chi connectivity index (χ3v) is 4.78. The molecule has 5 heteroatoms. The predicted octanol–water partition coefficient (Wildman–Crippen LogP) is 4.13. The van der Waals surface area contributed by atoms with E-state index in [0.29, 0.717) is 24.9 Å². The molecule has 2 aromatic rings. The Balaban J connectivity index is 1.49. The number of oxazole rings is 1. The summed E-state index contributed by atoms with van der Waals surface area (Å²) in [6, 6.07) is 8.38. The van der Waals surface area contributed by atoms with Gasteiger partial charge >= 0.3 is 6.03 Å². The summed E-state index contributed by atoms with van der Waals surface area (Å²) in [5.41, 5.74) is 3.08. The Bertz CT molecular complexity index is 700. The van der Waals surface area contributed by atoms with E-state index in [1.165, 1.54) is 24.8 Å². The molecule has 3 rings (SSSR count). The van der Waals surface area contributed by atoms with E-state index in [9.17, 15) is 4.79 Å². The minimum atomic E-state index is -0.0770. The SMILES string of the molecule is Cc1ccc(-c2nc(CCNC(=O)NC3CCCCC3)c(C)o2)cc1. The van der Waals surface area contributed by atoms with Crippen molar-refractivity contribution < 1.29 is 9.21 Å². The maximum Gasteiger partial charge on any atom is 0.315 e. The number of hydrogen-bond donors (Lipinski definition) is 2. The summed E-state index contributed by atoms with van der Waals surface area (Å²) < 4.78 is 5.78. The molecule has 2 N–H and O–H groups in total. The lowest BCUT2D eigenvalue weighted by Gasteiger charge is -2.22. The summed E-state index contributed by atoms with van der Waals surface area (Å²) >= 11 is 0. The van der Waals surface area contributed by atoms with E-state index >= 15 is 0 Å². The highest BCUT2D eigenvalue weighted by Gasteiger charge is 2.16. The highest BCUT2D eigenvalue weighted by Crippen LogP contribution is 2.22. The number of urea groups is 1. The number of carbonyl (C=O) groups is 1. The molecule has 0 atom stereocenters. The topological polar surface area (TPSA) is 67.2 Å². The molecule has 0 bridgehead atoms. The second-order valence-electron chi connectivity index (χ2n) is 6.87. The van der Waals surface area contributed by atoms with Gasteiger partial charge in [0.15, 0.2) is 0 Å². The normalized spacial score (nSPS) is 15.1. The Labute approximate surface area is 149 Å². The number of nitrogens with zero attached hydrogens (tertiary/aromatic N) is 1. The largest absolute Gasteiger partial charge is 0.441 e. The zero-order valence-electron chi connectivity index (χ0n) is 15.1. The number of carbonyl (C=O) groups excluding carboxylic acids is 1. The molecule has 2 amide bonds. The average Bonchev–Trinajstić information content (AvgIpc) is 2.97. The molecule has 134 valence electrons. The number of benzene rings is 1. The minimum absolute atomic E-state index is 0.0770. The fraction of sp³-hybridized carbons (Fsp3) is 0.500. The third kappa shape index (κ3) is 4.84. The summed E-state index contributed by atoms with van der Waals surface area (Å²) in [7, 11) is 0. The molecule has 0 radical (unpaired) electrons.